The van der Waals surface area contributed by atoms with Crippen LogP contribution in [-0.4, -0.2) is 11.2 Å². The molecule has 0 aromatic heterocycles. The Morgan fingerprint density at radius 2 is 1.87 bits per heavy atom. The van der Waals surface area contributed by atoms with Gasteiger partial charge in [0.25, 0.3) is 0 Å². The van der Waals surface area contributed by atoms with Crippen molar-refractivity contribution in [3.05, 3.63) is 23.8 Å². The van der Waals surface area contributed by atoms with Crippen LogP contribution >= 0.6 is 0 Å². The van der Waals surface area contributed by atoms with E-state index in [1.165, 1.54) is 50.5 Å². The van der Waals surface area contributed by atoms with Gasteiger partial charge in [0.05, 0.1) is 6.10 Å². The Balaban J connectivity index is 1.66. The van der Waals surface area contributed by atoms with Crippen LogP contribution in [0.3, 0.4) is 0 Å². The molecule has 7 atom stereocenters. The summed E-state index contributed by atoms with van der Waals surface area (Å²) in [6, 6.07) is 0. The highest BCUT2D eigenvalue weighted by atomic mass is 16.3. The Morgan fingerprint density at radius 1 is 1.09 bits per heavy atom. The van der Waals surface area contributed by atoms with Crippen LogP contribution in [0.25, 0.3) is 0 Å². The van der Waals surface area contributed by atoms with E-state index in [4.69, 9.17) is 0 Å². The third-order valence-electron chi connectivity index (χ3n) is 8.68. The lowest BCUT2D eigenvalue weighted by molar-refractivity contribution is -0.0507. The minimum absolute atomic E-state index is 0.178. The van der Waals surface area contributed by atoms with Crippen molar-refractivity contribution in [1.82, 2.24) is 0 Å². The molecule has 3 unspecified atom stereocenters. The summed E-state index contributed by atoms with van der Waals surface area (Å²) in [6.07, 6.45) is 12.4. The van der Waals surface area contributed by atoms with Gasteiger partial charge in [0, 0.05) is 0 Å². The summed E-state index contributed by atoms with van der Waals surface area (Å²) in [6.45, 7) is 11.7. The molecule has 0 aromatic rings. The molecular weight excluding hydrogens is 280 g/mol. The van der Waals surface area contributed by atoms with Crippen LogP contribution in [0.5, 0.6) is 0 Å². The van der Waals surface area contributed by atoms with E-state index < -0.39 is 0 Å². The first-order valence-electron chi connectivity index (χ1n) is 9.91. The first-order valence-corrected chi connectivity index (χ1v) is 9.91. The fraction of sp³-hybridized carbons (Fsp3) is 0.818. The van der Waals surface area contributed by atoms with E-state index in [9.17, 15) is 5.11 Å². The fourth-order valence-electron chi connectivity index (χ4n) is 7.52. The van der Waals surface area contributed by atoms with Gasteiger partial charge >= 0.3 is 0 Å². The maximum atomic E-state index is 10.1. The Hall–Kier alpha value is -0.560. The van der Waals surface area contributed by atoms with Gasteiger partial charge in [0.2, 0.25) is 0 Å². The van der Waals surface area contributed by atoms with Crippen LogP contribution < -0.4 is 0 Å². The predicted molar refractivity (Wildman–Crippen MR) is 96.0 cm³/mol. The minimum Gasteiger partial charge on any atom is -0.389 e. The molecule has 0 amide bonds. The Labute approximate surface area is 142 Å². The van der Waals surface area contributed by atoms with Gasteiger partial charge in [-0.1, -0.05) is 37.6 Å². The van der Waals surface area contributed by atoms with Crippen molar-refractivity contribution in [2.75, 3.05) is 0 Å². The van der Waals surface area contributed by atoms with Gasteiger partial charge in [-0.2, -0.15) is 0 Å². The topological polar surface area (TPSA) is 20.2 Å². The van der Waals surface area contributed by atoms with E-state index in [1.54, 1.807) is 5.57 Å². The summed E-state index contributed by atoms with van der Waals surface area (Å²) in [5.41, 5.74) is 3.91. The summed E-state index contributed by atoms with van der Waals surface area (Å²) in [5.74, 6) is 3.44. The minimum atomic E-state index is -0.178. The molecule has 0 aliphatic heterocycles. The number of allylic oxidation sites excluding steroid dienone is 2. The molecule has 4 aliphatic carbocycles. The molecule has 4 aliphatic rings. The second kappa shape index (κ2) is 5.22. The highest BCUT2D eigenvalue weighted by Crippen LogP contribution is 2.67. The van der Waals surface area contributed by atoms with E-state index in [-0.39, 0.29) is 6.10 Å². The molecule has 0 spiro atoms. The SMILES string of the molecule is C=C(C)[C@H]1CCC2C3CCC4=C[C@@H](O)CC[C@]4(C)C3CC[C@@]21C. The van der Waals surface area contributed by atoms with Crippen molar-refractivity contribution in [3.8, 4) is 0 Å². The summed E-state index contributed by atoms with van der Waals surface area (Å²) in [4.78, 5) is 0. The number of aliphatic hydroxyl groups excluding tert-OH is 1. The van der Waals surface area contributed by atoms with Crippen molar-refractivity contribution in [1.29, 1.82) is 0 Å². The lowest BCUT2D eigenvalue weighted by atomic mass is 9.46. The highest BCUT2D eigenvalue weighted by molar-refractivity contribution is 5.26. The lowest BCUT2D eigenvalue weighted by Crippen LogP contribution is -2.50. The monoisotopic (exact) mass is 314 g/mol. The summed E-state index contributed by atoms with van der Waals surface area (Å²) in [5, 5.41) is 10.1. The number of aliphatic hydroxyl groups is 1. The first-order chi connectivity index (χ1) is 10.9. The third kappa shape index (κ3) is 2.15. The first kappa shape index (κ1) is 15.9. The van der Waals surface area contributed by atoms with Crippen molar-refractivity contribution < 1.29 is 5.11 Å². The van der Waals surface area contributed by atoms with E-state index in [0.29, 0.717) is 10.8 Å². The molecule has 0 bridgehead atoms. The van der Waals surface area contributed by atoms with Gasteiger partial charge in [-0.25, -0.2) is 0 Å². The van der Waals surface area contributed by atoms with E-state index in [2.05, 4.69) is 33.4 Å². The number of rotatable bonds is 1. The molecule has 128 valence electrons. The van der Waals surface area contributed by atoms with Crippen LogP contribution in [0.15, 0.2) is 23.8 Å². The fourth-order valence-corrected chi connectivity index (χ4v) is 7.52. The zero-order chi connectivity index (χ0) is 16.4. The second-order valence-corrected chi connectivity index (χ2v) is 9.65. The van der Waals surface area contributed by atoms with E-state index in [0.717, 1.165) is 30.1 Å². The smallest absolute Gasteiger partial charge is 0.0724 e. The predicted octanol–water partition coefficient (Wildman–Crippen LogP) is 5.50. The number of fused-ring (bicyclic) bond motifs is 5. The maximum Gasteiger partial charge on any atom is 0.0724 e. The van der Waals surface area contributed by atoms with Crippen molar-refractivity contribution in [2.24, 2.45) is 34.5 Å². The molecule has 0 aromatic carbocycles. The van der Waals surface area contributed by atoms with Crippen LogP contribution in [0.2, 0.25) is 0 Å². The average molecular weight is 315 g/mol. The molecular formula is C22H34O. The van der Waals surface area contributed by atoms with Crippen molar-refractivity contribution in [2.45, 2.75) is 78.2 Å². The van der Waals surface area contributed by atoms with Gasteiger partial charge in [0.1, 0.15) is 0 Å². The second-order valence-electron chi connectivity index (χ2n) is 9.65. The van der Waals surface area contributed by atoms with Crippen LogP contribution in [0.4, 0.5) is 0 Å². The summed E-state index contributed by atoms with van der Waals surface area (Å²) >= 11 is 0. The van der Waals surface area contributed by atoms with Gasteiger partial charge in [-0.15, -0.1) is 0 Å². The highest BCUT2D eigenvalue weighted by Gasteiger charge is 2.58. The molecule has 0 radical (unpaired) electrons. The Bertz CT molecular complexity index is 546. The Morgan fingerprint density at radius 3 is 2.61 bits per heavy atom. The normalized spacial score (nSPS) is 52.2. The van der Waals surface area contributed by atoms with Crippen molar-refractivity contribution >= 4 is 0 Å². The molecule has 0 saturated heterocycles. The van der Waals surface area contributed by atoms with Gasteiger partial charge < -0.3 is 5.11 Å². The Kier molecular flexibility index (Phi) is 3.61. The van der Waals surface area contributed by atoms with Crippen LogP contribution in [-0.2, 0) is 0 Å². The average Bonchev–Trinajstić information content (AvgIpc) is 2.85. The lowest BCUT2D eigenvalue weighted by Gasteiger charge is -2.58. The molecule has 3 fully saturated rings. The van der Waals surface area contributed by atoms with Crippen LogP contribution in [0, 0.1) is 34.5 Å². The maximum absolute atomic E-state index is 10.1. The van der Waals surface area contributed by atoms with Crippen molar-refractivity contribution in [3.63, 3.8) is 0 Å². The third-order valence-corrected chi connectivity index (χ3v) is 8.68. The van der Waals surface area contributed by atoms with Gasteiger partial charge in [-0.3, -0.25) is 0 Å². The number of hydrogen-bond acceptors (Lipinski definition) is 1. The van der Waals surface area contributed by atoms with Gasteiger partial charge in [0.15, 0.2) is 0 Å². The summed E-state index contributed by atoms with van der Waals surface area (Å²) in [7, 11) is 0. The van der Waals surface area contributed by atoms with Gasteiger partial charge in [-0.05, 0) is 92.8 Å². The summed E-state index contributed by atoms with van der Waals surface area (Å²) < 4.78 is 0. The quantitative estimate of drug-likeness (QED) is 0.633. The molecule has 1 nitrogen and oxygen atoms in total. The molecule has 1 N–H and O–H groups in total. The molecule has 1 heteroatoms. The number of hydrogen-bond donors (Lipinski definition) is 1. The molecule has 23 heavy (non-hydrogen) atoms. The largest absolute Gasteiger partial charge is 0.389 e. The van der Waals surface area contributed by atoms with E-state index in [1.807, 2.05) is 0 Å². The standard InChI is InChI=1S/C22H34O/c1-14(2)18-7-8-19-17-6-5-15-13-16(23)9-11-21(15,3)20(17)10-12-22(18,19)4/h13,16-20,23H,1,5-12H2,2-4H3/t16-,17?,18+,19?,20?,21-,22+/m0/s1. The zero-order valence-corrected chi connectivity index (χ0v) is 15.3. The van der Waals surface area contributed by atoms with Crippen LogP contribution in [0.1, 0.15) is 72.1 Å². The zero-order valence-electron chi connectivity index (χ0n) is 15.3. The molecule has 0 heterocycles. The molecule has 3 saturated carbocycles. The van der Waals surface area contributed by atoms with E-state index >= 15 is 0 Å². The molecule has 4 rings (SSSR count).